The molecular formula is C15H20BrNS. The molecule has 18 heavy (non-hydrogen) atoms. The van der Waals surface area contributed by atoms with Gasteiger partial charge in [0.15, 0.2) is 0 Å². The number of thiazole rings is 1. The Morgan fingerprint density at radius 3 is 2.72 bits per heavy atom. The van der Waals surface area contributed by atoms with E-state index in [0.29, 0.717) is 0 Å². The number of aromatic nitrogens is 1. The van der Waals surface area contributed by atoms with Crippen molar-refractivity contribution >= 4 is 21.6 Å². The average molecular weight is 326 g/mol. The molecule has 0 saturated heterocycles. The number of rotatable bonds is 3. The number of aryl methyl sites for hydroxylation is 1. The van der Waals surface area contributed by atoms with E-state index in [-0.39, 0.29) is 17.0 Å². The van der Waals surface area contributed by atoms with Crippen molar-refractivity contribution < 1.29 is 21.5 Å². The Bertz CT molecular complexity index is 488. The highest BCUT2D eigenvalue weighted by Crippen LogP contribution is 2.26. The molecule has 0 spiro atoms. The van der Waals surface area contributed by atoms with Gasteiger partial charge < -0.3 is 17.0 Å². The normalized spacial score (nSPS) is 16.7. The molecule has 0 atom stereocenters. The Kier molecular flexibility index (Phi) is 5.19. The van der Waals surface area contributed by atoms with Crippen LogP contribution in [0.2, 0.25) is 0 Å². The van der Waals surface area contributed by atoms with Gasteiger partial charge in [-0.3, -0.25) is 0 Å². The van der Waals surface area contributed by atoms with Gasteiger partial charge in [0, 0.05) is 12.5 Å². The van der Waals surface area contributed by atoms with Crippen molar-refractivity contribution in [3.05, 3.63) is 29.8 Å². The maximum Gasteiger partial charge on any atom is 0.225 e. The number of nitrogens with zero attached hydrogens (tertiary/aromatic N) is 1. The fourth-order valence-corrected chi connectivity index (χ4v) is 3.86. The van der Waals surface area contributed by atoms with Crippen LogP contribution in [0.5, 0.6) is 0 Å². The highest BCUT2D eigenvalue weighted by Gasteiger charge is 2.17. The van der Waals surface area contributed by atoms with Gasteiger partial charge >= 0.3 is 0 Å². The van der Waals surface area contributed by atoms with E-state index in [2.05, 4.69) is 34.3 Å². The summed E-state index contributed by atoms with van der Waals surface area (Å²) in [6, 6.07) is 8.74. The van der Waals surface area contributed by atoms with Gasteiger partial charge in [-0.1, -0.05) is 55.6 Å². The minimum absolute atomic E-state index is 0. The first-order chi connectivity index (χ1) is 8.43. The molecule has 1 aromatic heterocycles. The summed E-state index contributed by atoms with van der Waals surface area (Å²) in [6.07, 6.45) is 8.67. The molecule has 3 rings (SSSR count). The molecule has 2 aromatic rings. The Balaban J connectivity index is 0.00000120. The molecule has 1 aromatic carbocycles. The van der Waals surface area contributed by atoms with Crippen molar-refractivity contribution in [1.82, 2.24) is 0 Å². The Morgan fingerprint density at radius 1 is 1.11 bits per heavy atom. The second kappa shape index (κ2) is 6.67. The van der Waals surface area contributed by atoms with Crippen molar-refractivity contribution in [3.8, 4) is 0 Å². The predicted molar refractivity (Wildman–Crippen MR) is 73.2 cm³/mol. The molecule has 0 unspecified atom stereocenters. The average Bonchev–Trinajstić information content (AvgIpc) is 2.81. The lowest BCUT2D eigenvalue weighted by Crippen LogP contribution is -3.00. The zero-order chi connectivity index (χ0) is 11.5. The van der Waals surface area contributed by atoms with Crippen LogP contribution in [0, 0.1) is 5.92 Å². The Hall–Kier alpha value is -0.410. The van der Waals surface area contributed by atoms with E-state index in [1.54, 1.807) is 0 Å². The second-order valence-electron chi connectivity index (χ2n) is 5.18. The summed E-state index contributed by atoms with van der Waals surface area (Å²) in [5.74, 6) is 0.981. The van der Waals surface area contributed by atoms with Crippen LogP contribution in [0.1, 0.15) is 38.5 Å². The number of hydrogen-bond acceptors (Lipinski definition) is 1. The maximum atomic E-state index is 2.44. The molecule has 1 fully saturated rings. The summed E-state index contributed by atoms with van der Waals surface area (Å²) in [6.45, 7) is 1.20. The first-order valence-electron chi connectivity index (χ1n) is 6.79. The Labute approximate surface area is 124 Å². The van der Waals surface area contributed by atoms with Gasteiger partial charge in [-0.05, 0) is 12.0 Å². The first kappa shape index (κ1) is 14.0. The van der Waals surface area contributed by atoms with Crippen LogP contribution in [0.25, 0.3) is 10.2 Å². The number of hydrogen-bond donors (Lipinski definition) is 0. The van der Waals surface area contributed by atoms with E-state index >= 15 is 0 Å². The summed E-state index contributed by atoms with van der Waals surface area (Å²) in [4.78, 5) is 0. The van der Waals surface area contributed by atoms with E-state index in [1.165, 1.54) is 55.3 Å². The minimum Gasteiger partial charge on any atom is -1.00 e. The maximum absolute atomic E-state index is 2.44. The van der Waals surface area contributed by atoms with Gasteiger partial charge in [-0.2, -0.15) is 4.57 Å². The molecule has 0 aliphatic heterocycles. The van der Waals surface area contributed by atoms with Crippen LogP contribution in [0.15, 0.2) is 29.8 Å². The Morgan fingerprint density at radius 2 is 1.89 bits per heavy atom. The van der Waals surface area contributed by atoms with E-state index in [0.717, 1.165) is 5.92 Å². The lowest BCUT2D eigenvalue weighted by molar-refractivity contribution is -0.668. The molecule has 1 aliphatic carbocycles. The molecule has 1 nitrogen and oxygen atoms in total. The van der Waals surface area contributed by atoms with Gasteiger partial charge in [0.1, 0.15) is 11.2 Å². The number of halogens is 1. The van der Waals surface area contributed by atoms with E-state index in [4.69, 9.17) is 0 Å². The van der Waals surface area contributed by atoms with Gasteiger partial charge in [0.2, 0.25) is 11.0 Å². The van der Waals surface area contributed by atoms with Crippen LogP contribution in [-0.4, -0.2) is 0 Å². The largest absolute Gasteiger partial charge is 1.00 e. The smallest absolute Gasteiger partial charge is 0.225 e. The lowest BCUT2D eigenvalue weighted by Gasteiger charge is -2.19. The van der Waals surface area contributed by atoms with Gasteiger partial charge in [0.05, 0.1) is 0 Å². The fourth-order valence-electron chi connectivity index (χ4n) is 2.94. The zero-order valence-corrected chi connectivity index (χ0v) is 13.0. The first-order valence-corrected chi connectivity index (χ1v) is 7.67. The highest BCUT2D eigenvalue weighted by atomic mass is 79.9. The monoisotopic (exact) mass is 325 g/mol. The summed E-state index contributed by atoms with van der Waals surface area (Å²) < 4.78 is 3.85. The molecule has 3 heteroatoms. The van der Waals surface area contributed by atoms with Crippen molar-refractivity contribution in [1.29, 1.82) is 0 Å². The molecule has 0 amide bonds. The molecule has 1 heterocycles. The highest BCUT2D eigenvalue weighted by molar-refractivity contribution is 7.16. The number of benzene rings is 1. The SMILES string of the molecule is [Br-].c1ccc2c(c1)sc[n+]2CCC1CCCCC1. The molecule has 0 N–H and O–H groups in total. The van der Waals surface area contributed by atoms with Crippen molar-refractivity contribution in [2.75, 3.05) is 0 Å². The molecule has 1 saturated carbocycles. The van der Waals surface area contributed by atoms with Gasteiger partial charge in [-0.15, -0.1) is 0 Å². The second-order valence-corrected chi connectivity index (χ2v) is 6.06. The summed E-state index contributed by atoms with van der Waals surface area (Å²) in [7, 11) is 0. The van der Waals surface area contributed by atoms with Crippen LogP contribution < -0.4 is 21.5 Å². The third kappa shape index (κ3) is 3.12. The third-order valence-electron chi connectivity index (χ3n) is 3.98. The predicted octanol–water partition coefficient (Wildman–Crippen LogP) is 1.16. The lowest BCUT2D eigenvalue weighted by atomic mass is 9.87. The topological polar surface area (TPSA) is 3.88 Å². The van der Waals surface area contributed by atoms with Crippen molar-refractivity contribution in [2.24, 2.45) is 5.92 Å². The summed E-state index contributed by atoms with van der Waals surface area (Å²) in [5.41, 5.74) is 3.70. The fraction of sp³-hybridized carbons (Fsp3) is 0.533. The van der Waals surface area contributed by atoms with Crippen LogP contribution >= 0.6 is 11.3 Å². The van der Waals surface area contributed by atoms with Gasteiger partial charge in [0.25, 0.3) is 0 Å². The standard InChI is InChI=1S/C15H20NS.BrH/c1-2-6-13(7-3-1)10-11-16-12-17-15-9-5-4-8-14(15)16;/h4-5,8-9,12-13H,1-3,6-7,10-11H2;1H/q+1;/p-1. The molecule has 1 aliphatic rings. The molecule has 0 bridgehead atoms. The zero-order valence-electron chi connectivity index (χ0n) is 10.6. The summed E-state index contributed by atoms with van der Waals surface area (Å²) in [5, 5.41) is 0. The quantitative estimate of drug-likeness (QED) is 0.746. The molecular weight excluding hydrogens is 306 g/mol. The molecule has 98 valence electrons. The molecule has 0 radical (unpaired) electrons. The van der Waals surface area contributed by atoms with E-state index in [1.807, 2.05) is 11.3 Å². The third-order valence-corrected chi connectivity index (χ3v) is 4.94. The van der Waals surface area contributed by atoms with E-state index < -0.39 is 0 Å². The number of para-hydroxylation sites is 1. The van der Waals surface area contributed by atoms with Crippen molar-refractivity contribution in [3.63, 3.8) is 0 Å². The minimum atomic E-state index is 0. The van der Waals surface area contributed by atoms with Crippen molar-refractivity contribution in [2.45, 2.75) is 45.1 Å². The summed E-state index contributed by atoms with van der Waals surface area (Å²) >= 11 is 1.86. The van der Waals surface area contributed by atoms with Gasteiger partial charge in [-0.25, -0.2) is 0 Å². The number of fused-ring (bicyclic) bond motifs is 1. The van der Waals surface area contributed by atoms with E-state index in [9.17, 15) is 0 Å². The van der Waals surface area contributed by atoms with Crippen LogP contribution in [0.4, 0.5) is 0 Å². The van der Waals surface area contributed by atoms with Crippen LogP contribution in [0.3, 0.4) is 0 Å². The van der Waals surface area contributed by atoms with Crippen LogP contribution in [-0.2, 0) is 6.54 Å².